The van der Waals surface area contributed by atoms with E-state index >= 15 is 0 Å². The third kappa shape index (κ3) is 8.50. The van der Waals surface area contributed by atoms with Crippen LogP contribution in [0.5, 0.6) is 5.75 Å². The molecule has 22 heavy (non-hydrogen) atoms. The van der Waals surface area contributed by atoms with Crippen molar-refractivity contribution in [3.8, 4) is 5.75 Å². The molecule has 1 aromatic carbocycles. The van der Waals surface area contributed by atoms with Crippen LogP contribution in [0.1, 0.15) is 12.5 Å². The molecule has 7 heteroatoms. The van der Waals surface area contributed by atoms with Gasteiger partial charge in [0.05, 0.1) is 6.54 Å². The number of nitrogens with zero attached hydrogens (tertiary/aromatic N) is 1. The van der Waals surface area contributed by atoms with E-state index in [4.69, 9.17) is 10.5 Å². The molecule has 0 heterocycles. The van der Waals surface area contributed by atoms with Crippen molar-refractivity contribution in [3.05, 3.63) is 42.5 Å². The van der Waals surface area contributed by atoms with Gasteiger partial charge in [-0.25, -0.2) is 4.99 Å². The van der Waals surface area contributed by atoms with Gasteiger partial charge in [-0.3, -0.25) is 4.79 Å². The van der Waals surface area contributed by atoms with Crippen LogP contribution in [0.3, 0.4) is 0 Å². The van der Waals surface area contributed by atoms with E-state index in [1.807, 2.05) is 25.1 Å². The highest BCUT2D eigenvalue weighted by molar-refractivity contribution is 14.0. The van der Waals surface area contributed by atoms with Gasteiger partial charge >= 0.3 is 0 Å². The first kappa shape index (κ1) is 20.2. The van der Waals surface area contributed by atoms with Gasteiger partial charge in [-0.05, 0) is 24.6 Å². The van der Waals surface area contributed by atoms with E-state index in [1.54, 1.807) is 12.1 Å². The summed E-state index contributed by atoms with van der Waals surface area (Å²) in [5, 5.41) is 6.26. The summed E-state index contributed by atoms with van der Waals surface area (Å²) >= 11 is 0. The van der Waals surface area contributed by atoms with Gasteiger partial charge in [0.2, 0.25) is 0 Å². The lowest BCUT2D eigenvalue weighted by atomic mass is 10.2. The molecule has 1 aromatic rings. The van der Waals surface area contributed by atoms with Crippen molar-refractivity contribution < 1.29 is 9.53 Å². The van der Waals surface area contributed by atoms with E-state index in [-0.39, 0.29) is 30.6 Å². The number of nitrogens with one attached hydrogen (secondary N) is 2. The molecule has 1 amide bonds. The summed E-state index contributed by atoms with van der Waals surface area (Å²) in [6, 6.07) is 7.41. The lowest BCUT2D eigenvalue weighted by Crippen LogP contribution is -2.37. The number of hydrogen-bond donors (Lipinski definition) is 3. The highest BCUT2D eigenvalue weighted by Crippen LogP contribution is 2.13. The second-order valence-electron chi connectivity index (χ2n) is 4.27. The maximum absolute atomic E-state index is 10.7. The second kappa shape index (κ2) is 11.8. The Labute approximate surface area is 148 Å². The maximum Gasteiger partial charge on any atom is 0.255 e. The number of hydrogen-bond acceptors (Lipinski definition) is 3. The summed E-state index contributed by atoms with van der Waals surface area (Å²) in [5.41, 5.74) is 6.03. The Balaban J connectivity index is 0.00000441. The van der Waals surface area contributed by atoms with Gasteiger partial charge in [0, 0.05) is 13.1 Å². The maximum atomic E-state index is 10.7. The largest absolute Gasteiger partial charge is 0.484 e. The molecule has 0 aliphatic rings. The summed E-state index contributed by atoms with van der Waals surface area (Å²) in [6.45, 7) is 7.46. The zero-order valence-electron chi connectivity index (χ0n) is 12.7. The van der Waals surface area contributed by atoms with Crippen LogP contribution in [-0.2, 0) is 11.3 Å². The Bertz CT molecular complexity index is 506. The number of benzene rings is 1. The second-order valence-corrected chi connectivity index (χ2v) is 4.27. The van der Waals surface area contributed by atoms with Crippen molar-refractivity contribution in [1.29, 1.82) is 0 Å². The van der Waals surface area contributed by atoms with Gasteiger partial charge in [0.1, 0.15) is 5.75 Å². The molecule has 0 atom stereocenters. The van der Waals surface area contributed by atoms with E-state index < -0.39 is 5.91 Å². The van der Waals surface area contributed by atoms with Crippen molar-refractivity contribution in [2.45, 2.75) is 13.5 Å². The van der Waals surface area contributed by atoms with Gasteiger partial charge in [-0.2, -0.15) is 0 Å². The first-order chi connectivity index (χ1) is 10.2. The fraction of sp³-hybridized carbons (Fsp3) is 0.333. The fourth-order valence-corrected chi connectivity index (χ4v) is 1.57. The number of guanidine groups is 1. The van der Waals surface area contributed by atoms with Crippen molar-refractivity contribution in [1.82, 2.24) is 10.6 Å². The van der Waals surface area contributed by atoms with E-state index in [0.717, 1.165) is 18.1 Å². The molecule has 0 radical (unpaired) electrons. The quantitative estimate of drug-likeness (QED) is 0.258. The normalized spacial score (nSPS) is 10.3. The van der Waals surface area contributed by atoms with Gasteiger partial charge in [0.15, 0.2) is 12.6 Å². The zero-order valence-corrected chi connectivity index (χ0v) is 15.0. The predicted octanol–water partition coefficient (Wildman–Crippen LogP) is 1.41. The lowest BCUT2D eigenvalue weighted by molar-refractivity contribution is -0.119. The molecule has 0 aliphatic carbocycles. The van der Waals surface area contributed by atoms with Crippen LogP contribution < -0.4 is 21.1 Å². The molecule has 122 valence electrons. The monoisotopic (exact) mass is 418 g/mol. The molecule has 0 saturated heterocycles. The average Bonchev–Trinajstić information content (AvgIpc) is 2.48. The molecule has 0 aromatic heterocycles. The van der Waals surface area contributed by atoms with Gasteiger partial charge in [-0.15, -0.1) is 30.6 Å². The molecule has 4 N–H and O–H groups in total. The average molecular weight is 418 g/mol. The zero-order chi connectivity index (χ0) is 15.5. The van der Waals surface area contributed by atoms with Gasteiger partial charge < -0.3 is 21.1 Å². The summed E-state index contributed by atoms with van der Waals surface area (Å²) < 4.78 is 5.26. The van der Waals surface area contributed by atoms with Crippen LogP contribution >= 0.6 is 24.0 Å². The molecule has 1 rings (SSSR count). The number of carbonyl (C=O) groups is 1. The standard InChI is InChI=1S/C15H22N4O2.HI/c1-3-8-18-15(17-4-2)19-10-12-6-5-7-13(9-12)21-11-14(16)20;/h3,5-7,9H,1,4,8,10-11H2,2H3,(H2,16,20)(H2,17,18,19);1H. The van der Waals surface area contributed by atoms with Crippen molar-refractivity contribution in [2.24, 2.45) is 10.7 Å². The Morgan fingerprint density at radius 1 is 1.45 bits per heavy atom. The van der Waals surface area contributed by atoms with Crippen LogP contribution in [-0.4, -0.2) is 31.6 Å². The highest BCUT2D eigenvalue weighted by Gasteiger charge is 2.00. The number of ether oxygens (including phenoxy) is 1. The minimum atomic E-state index is -0.499. The number of primary amides is 1. The molecular formula is C15H23IN4O2. The molecule has 0 aliphatic heterocycles. The van der Waals surface area contributed by atoms with Gasteiger partial charge in [-0.1, -0.05) is 18.2 Å². The molecule has 0 bridgehead atoms. The van der Waals surface area contributed by atoms with Crippen LogP contribution in [0, 0.1) is 0 Å². The van der Waals surface area contributed by atoms with Crippen LogP contribution in [0.2, 0.25) is 0 Å². The van der Waals surface area contributed by atoms with E-state index in [9.17, 15) is 4.79 Å². The summed E-state index contributed by atoms with van der Waals surface area (Å²) in [6.07, 6.45) is 1.77. The van der Waals surface area contributed by atoms with E-state index in [1.165, 1.54) is 0 Å². The summed E-state index contributed by atoms with van der Waals surface area (Å²) in [7, 11) is 0. The summed E-state index contributed by atoms with van der Waals surface area (Å²) in [4.78, 5) is 15.2. The topological polar surface area (TPSA) is 88.7 Å². The molecule has 6 nitrogen and oxygen atoms in total. The summed E-state index contributed by atoms with van der Waals surface area (Å²) in [5.74, 6) is 0.827. The Hall–Kier alpha value is -1.77. The fourth-order valence-electron chi connectivity index (χ4n) is 1.57. The SMILES string of the molecule is C=CCNC(=NCc1cccc(OCC(N)=O)c1)NCC.I. The Morgan fingerprint density at radius 3 is 2.86 bits per heavy atom. The van der Waals surface area contributed by atoms with Crippen molar-refractivity contribution in [2.75, 3.05) is 19.7 Å². The number of aliphatic imine (C=N–C) groups is 1. The molecule has 0 spiro atoms. The Morgan fingerprint density at radius 2 is 2.23 bits per heavy atom. The third-order valence-electron chi connectivity index (χ3n) is 2.46. The van der Waals surface area contributed by atoms with Crippen molar-refractivity contribution in [3.63, 3.8) is 0 Å². The van der Waals surface area contributed by atoms with E-state index in [2.05, 4.69) is 22.2 Å². The highest BCUT2D eigenvalue weighted by atomic mass is 127. The number of nitrogens with two attached hydrogens (primary N) is 1. The van der Waals surface area contributed by atoms with Gasteiger partial charge in [0.25, 0.3) is 5.91 Å². The van der Waals surface area contributed by atoms with E-state index in [0.29, 0.717) is 18.8 Å². The third-order valence-corrected chi connectivity index (χ3v) is 2.46. The smallest absolute Gasteiger partial charge is 0.255 e. The van der Waals surface area contributed by atoms with Crippen molar-refractivity contribution >= 4 is 35.8 Å². The number of carbonyl (C=O) groups excluding carboxylic acids is 1. The lowest BCUT2D eigenvalue weighted by Gasteiger charge is -2.10. The minimum Gasteiger partial charge on any atom is -0.484 e. The minimum absolute atomic E-state index is 0. The number of amides is 1. The first-order valence-electron chi connectivity index (χ1n) is 6.78. The first-order valence-corrected chi connectivity index (χ1v) is 6.78. The Kier molecular flexibility index (Phi) is 10.9. The predicted molar refractivity (Wildman–Crippen MR) is 99.6 cm³/mol. The van der Waals surface area contributed by atoms with Crippen LogP contribution in [0.25, 0.3) is 0 Å². The molecule has 0 unspecified atom stereocenters. The van der Waals surface area contributed by atoms with Crippen LogP contribution in [0.15, 0.2) is 41.9 Å². The molecular weight excluding hydrogens is 395 g/mol. The number of halogens is 1. The number of rotatable bonds is 8. The van der Waals surface area contributed by atoms with Crippen LogP contribution in [0.4, 0.5) is 0 Å². The molecule has 0 saturated carbocycles. The molecule has 0 fully saturated rings.